The third-order valence-electron chi connectivity index (χ3n) is 3.33. The lowest BCUT2D eigenvalue weighted by Gasteiger charge is -2.11. The van der Waals surface area contributed by atoms with Crippen LogP contribution in [-0.2, 0) is 5.66 Å². The lowest BCUT2D eigenvalue weighted by atomic mass is 10.0. The van der Waals surface area contributed by atoms with Gasteiger partial charge >= 0.3 is 0 Å². The van der Waals surface area contributed by atoms with Crippen molar-refractivity contribution in [2.75, 3.05) is 0 Å². The molecule has 3 nitrogen and oxygen atoms in total. The van der Waals surface area contributed by atoms with Gasteiger partial charge in [0.1, 0.15) is 5.82 Å². The Hall–Kier alpha value is -2.39. The average molecular weight is 329 g/mol. The number of halogens is 2. The van der Waals surface area contributed by atoms with E-state index in [0.717, 1.165) is 11.1 Å². The Kier molecular flexibility index (Phi) is 4.05. The second kappa shape index (κ2) is 6.01. The number of hydrogen-bond acceptors (Lipinski definition) is 2. The summed E-state index contributed by atoms with van der Waals surface area (Å²) in [5.74, 6) is 0.662. The number of imidazole rings is 1. The number of fused-ring (bicyclic) bond motifs is 1. The van der Waals surface area contributed by atoms with Crippen LogP contribution in [0, 0.1) is 0 Å². The highest BCUT2D eigenvalue weighted by atomic mass is 31.0. The normalized spacial score (nSPS) is 12.1. The van der Waals surface area contributed by atoms with Crippen molar-refractivity contribution in [1.82, 2.24) is 15.0 Å². The van der Waals surface area contributed by atoms with Crippen molar-refractivity contribution >= 4 is 26.5 Å². The van der Waals surface area contributed by atoms with Gasteiger partial charge in [-0.2, -0.15) is 8.78 Å². The molecule has 0 fully saturated rings. The maximum Gasteiger partial charge on any atom is 0.283 e. The molecule has 1 N–H and O–H groups in total. The minimum absolute atomic E-state index is 0.0562. The molecule has 116 valence electrons. The monoisotopic (exact) mass is 329 g/mol. The van der Waals surface area contributed by atoms with Gasteiger partial charge in [-0.3, -0.25) is 0 Å². The van der Waals surface area contributed by atoms with Crippen molar-refractivity contribution in [2.45, 2.75) is 5.66 Å². The summed E-state index contributed by atoms with van der Waals surface area (Å²) >= 11 is 0. The summed E-state index contributed by atoms with van der Waals surface area (Å²) in [4.78, 5) is 11.7. The van der Waals surface area contributed by atoms with E-state index in [2.05, 4.69) is 21.5 Å². The maximum atomic E-state index is 13.4. The Bertz CT molecular complexity index is 894. The molecule has 23 heavy (non-hydrogen) atoms. The van der Waals surface area contributed by atoms with Crippen molar-refractivity contribution in [3.63, 3.8) is 0 Å². The zero-order valence-corrected chi connectivity index (χ0v) is 13.3. The molecule has 0 saturated carbocycles. The number of rotatable bonds is 4. The summed E-state index contributed by atoms with van der Waals surface area (Å²) in [6, 6.07) is 8.10. The van der Waals surface area contributed by atoms with Crippen molar-refractivity contribution in [1.29, 1.82) is 0 Å². The van der Waals surface area contributed by atoms with Crippen molar-refractivity contribution in [2.24, 2.45) is 0 Å². The number of alkyl halides is 2. The molecule has 0 aliphatic carbocycles. The number of aromatic nitrogens is 3. The minimum atomic E-state index is -2.95. The van der Waals surface area contributed by atoms with Gasteiger partial charge in [-0.05, 0) is 23.8 Å². The van der Waals surface area contributed by atoms with Gasteiger partial charge in [0.2, 0.25) is 0 Å². The topological polar surface area (TPSA) is 41.6 Å². The van der Waals surface area contributed by atoms with Gasteiger partial charge < -0.3 is 4.98 Å². The van der Waals surface area contributed by atoms with Gasteiger partial charge in [0, 0.05) is 17.3 Å². The van der Waals surface area contributed by atoms with Crippen LogP contribution in [0.15, 0.2) is 55.3 Å². The number of allylic oxidation sites excluding steroid dienone is 2. The van der Waals surface area contributed by atoms with Gasteiger partial charge in [-0.1, -0.05) is 46.2 Å². The average Bonchev–Trinajstić information content (AvgIpc) is 2.94. The van der Waals surface area contributed by atoms with Crippen LogP contribution in [0.1, 0.15) is 11.4 Å². The zero-order chi connectivity index (χ0) is 16.4. The lowest BCUT2D eigenvalue weighted by Crippen LogP contribution is -2.01. The second-order valence-electron chi connectivity index (χ2n) is 5.02. The summed E-state index contributed by atoms with van der Waals surface area (Å²) in [5, 5.41) is 0. The van der Waals surface area contributed by atoms with Crippen LogP contribution in [0.3, 0.4) is 0 Å². The van der Waals surface area contributed by atoms with E-state index in [-0.39, 0.29) is 5.56 Å². The summed E-state index contributed by atoms with van der Waals surface area (Å²) in [7, 11) is 1.55. The minimum Gasteiger partial charge on any atom is -0.337 e. The van der Waals surface area contributed by atoms with E-state index in [9.17, 15) is 8.78 Å². The van der Waals surface area contributed by atoms with Gasteiger partial charge in [0.25, 0.3) is 5.66 Å². The van der Waals surface area contributed by atoms with Crippen LogP contribution in [0.4, 0.5) is 8.78 Å². The van der Waals surface area contributed by atoms with Crippen LogP contribution < -0.4 is 0 Å². The van der Waals surface area contributed by atoms with Crippen LogP contribution >= 0.6 is 9.24 Å². The Balaban J connectivity index is 2.03. The first kappa shape index (κ1) is 15.5. The van der Waals surface area contributed by atoms with Crippen LogP contribution in [-0.4, -0.2) is 15.0 Å². The highest BCUT2D eigenvalue weighted by Gasteiger charge is 2.24. The molecule has 6 heteroatoms. The molecular formula is C17H14F2N3P. The van der Waals surface area contributed by atoms with E-state index in [1.165, 1.54) is 12.1 Å². The van der Waals surface area contributed by atoms with E-state index in [4.69, 9.17) is 0 Å². The largest absolute Gasteiger partial charge is 0.337 e. The smallest absolute Gasteiger partial charge is 0.283 e. The molecule has 2 heterocycles. The molecule has 1 aromatic carbocycles. The van der Waals surface area contributed by atoms with Gasteiger partial charge in [-0.15, -0.1) is 0 Å². The lowest BCUT2D eigenvalue weighted by molar-refractivity contribution is 0.104. The quantitative estimate of drug-likeness (QED) is 0.554. The van der Waals surface area contributed by atoms with Gasteiger partial charge in [-0.25, -0.2) is 9.97 Å². The fourth-order valence-electron chi connectivity index (χ4n) is 2.22. The van der Waals surface area contributed by atoms with Crippen molar-refractivity contribution < 1.29 is 8.78 Å². The molecule has 1 unspecified atom stereocenters. The highest BCUT2D eigenvalue weighted by Crippen LogP contribution is 2.36. The SMILES string of the molecule is C=C/C=C/c1nc2ncc(-c3cccc(C(F)(F)P)c3)cc2[nH]1. The standard InChI is InChI=1S/C17H14F2N3P/c1-2-3-7-15-21-14-9-12(10-20-16(14)22-15)11-5-4-6-13(8-11)17(18,19)23/h2-10H,1,23H2,(H,20,21,22)/b7-3+. The van der Waals surface area contributed by atoms with Gasteiger partial charge in [0.05, 0.1) is 5.52 Å². The number of pyridine rings is 1. The summed E-state index contributed by atoms with van der Waals surface area (Å²) < 4.78 is 26.9. The molecule has 0 saturated heterocycles. The van der Waals surface area contributed by atoms with E-state index < -0.39 is 5.66 Å². The van der Waals surface area contributed by atoms with Crippen LogP contribution in [0.25, 0.3) is 28.4 Å². The fourth-order valence-corrected chi connectivity index (χ4v) is 2.40. The van der Waals surface area contributed by atoms with E-state index in [1.807, 2.05) is 6.07 Å². The highest BCUT2D eigenvalue weighted by molar-refractivity contribution is 7.17. The number of H-pyrrole nitrogens is 1. The van der Waals surface area contributed by atoms with Crippen molar-refractivity contribution in [3.05, 3.63) is 66.6 Å². The number of nitrogens with zero attached hydrogens (tertiary/aromatic N) is 2. The van der Waals surface area contributed by atoms with E-state index in [1.54, 1.807) is 45.8 Å². The molecule has 2 aromatic heterocycles. The third-order valence-corrected chi connectivity index (χ3v) is 3.66. The molecule has 3 rings (SSSR count). The third kappa shape index (κ3) is 3.35. The number of aromatic amines is 1. The summed E-state index contributed by atoms with van der Waals surface area (Å²) in [5.41, 5.74) is -0.267. The first-order valence-corrected chi connectivity index (χ1v) is 7.47. The molecule has 0 aliphatic heterocycles. The number of hydrogen-bond donors (Lipinski definition) is 1. The van der Waals surface area contributed by atoms with Crippen LogP contribution in [0.2, 0.25) is 0 Å². The first-order valence-electron chi connectivity index (χ1n) is 6.90. The fraction of sp³-hybridized carbons (Fsp3) is 0.0588. The summed E-state index contributed by atoms with van der Waals surface area (Å²) in [6.07, 6.45) is 6.83. The molecule has 0 amide bonds. The molecule has 3 aromatic rings. The van der Waals surface area contributed by atoms with E-state index in [0.29, 0.717) is 17.0 Å². The molecule has 1 atom stereocenters. The maximum absolute atomic E-state index is 13.4. The predicted octanol–water partition coefficient (Wildman–Crippen LogP) is 4.75. The number of nitrogens with one attached hydrogen (secondary N) is 1. The Labute approximate surface area is 134 Å². The molecular weight excluding hydrogens is 315 g/mol. The van der Waals surface area contributed by atoms with Gasteiger partial charge in [0.15, 0.2) is 5.65 Å². The second-order valence-corrected chi connectivity index (χ2v) is 5.74. The van der Waals surface area contributed by atoms with E-state index >= 15 is 0 Å². The zero-order valence-electron chi connectivity index (χ0n) is 12.1. The Morgan fingerprint density at radius 2 is 2.04 bits per heavy atom. The molecule has 0 radical (unpaired) electrons. The molecule has 0 aliphatic rings. The Morgan fingerprint density at radius 3 is 2.78 bits per heavy atom. The first-order chi connectivity index (χ1) is 11.0. The summed E-state index contributed by atoms with van der Waals surface area (Å²) in [6.45, 7) is 3.60. The van der Waals surface area contributed by atoms with Crippen LogP contribution in [0.5, 0.6) is 0 Å². The Morgan fingerprint density at radius 1 is 1.22 bits per heavy atom. The molecule has 0 spiro atoms. The number of benzene rings is 1. The predicted molar refractivity (Wildman–Crippen MR) is 92.2 cm³/mol. The van der Waals surface area contributed by atoms with Crippen molar-refractivity contribution in [3.8, 4) is 11.1 Å². The molecule has 0 bridgehead atoms.